The third kappa shape index (κ3) is 3.64. The van der Waals surface area contributed by atoms with E-state index in [1.165, 1.54) is 6.07 Å². The number of anilines is 1. The third-order valence-electron chi connectivity index (χ3n) is 4.07. The number of nitro groups is 1. The Kier molecular flexibility index (Phi) is 4.84. The van der Waals surface area contributed by atoms with E-state index in [2.05, 4.69) is 0 Å². The number of hydrogen-bond acceptors (Lipinski definition) is 5. The van der Waals surface area contributed by atoms with Crippen molar-refractivity contribution < 1.29 is 14.1 Å². The average Bonchev–Trinajstić information content (AvgIpc) is 3.06. The standard InChI is InChI=1S/C20H18N2O4/c1-14-8-10-17(26-14)13-21(2)18-11-9-16(12-19(18)22(24)25)20(23)15-6-4-3-5-7-15/h3-12H,13H2,1-2H3. The molecule has 0 aliphatic carbocycles. The number of ketones is 1. The zero-order valence-electron chi connectivity index (χ0n) is 14.5. The first-order chi connectivity index (χ1) is 12.5. The number of furan rings is 1. The van der Waals surface area contributed by atoms with Crippen molar-refractivity contribution in [1.29, 1.82) is 0 Å². The van der Waals surface area contributed by atoms with Crippen LogP contribution in [0.25, 0.3) is 0 Å². The van der Waals surface area contributed by atoms with Crippen LogP contribution >= 0.6 is 0 Å². The number of rotatable bonds is 6. The number of carbonyl (C=O) groups is 1. The molecule has 3 aromatic rings. The molecule has 0 saturated carbocycles. The molecular formula is C20H18N2O4. The summed E-state index contributed by atoms with van der Waals surface area (Å²) in [6.07, 6.45) is 0. The zero-order chi connectivity index (χ0) is 18.7. The summed E-state index contributed by atoms with van der Waals surface area (Å²) in [5.41, 5.74) is 1.09. The van der Waals surface area contributed by atoms with E-state index < -0.39 is 4.92 Å². The van der Waals surface area contributed by atoms with Crippen molar-refractivity contribution in [3.05, 3.63) is 93.4 Å². The van der Waals surface area contributed by atoms with Gasteiger partial charge in [-0.05, 0) is 31.2 Å². The average molecular weight is 350 g/mol. The Morgan fingerprint density at radius 3 is 2.42 bits per heavy atom. The lowest BCUT2D eigenvalue weighted by Crippen LogP contribution is -2.17. The van der Waals surface area contributed by atoms with Gasteiger partial charge in [-0.1, -0.05) is 30.3 Å². The van der Waals surface area contributed by atoms with Crippen LogP contribution in [-0.4, -0.2) is 17.8 Å². The highest BCUT2D eigenvalue weighted by Gasteiger charge is 2.21. The molecule has 0 atom stereocenters. The maximum absolute atomic E-state index is 12.5. The molecule has 0 saturated heterocycles. The van der Waals surface area contributed by atoms with Crippen molar-refractivity contribution in [2.45, 2.75) is 13.5 Å². The highest BCUT2D eigenvalue weighted by atomic mass is 16.6. The fraction of sp³-hybridized carbons (Fsp3) is 0.150. The number of benzene rings is 2. The van der Waals surface area contributed by atoms with Crippen molar-refractivity contribution in [3.8, 4) is 0 Å². The van der Waals surface area contributed by atoms with E-state index in [0.29, 0.717) is 23.6 Å². The van der Waals surface area contributed by atoms with Gasteiger partial charge in [-0.25, -0.2) is 0 Å². The van der Waals surface area contributed by atoms with Crippen molar-refractivity contribution in [3.63, 3.8) is 0 Å². The Bertz CT molecular complexity index is 947. The molecule has 0 amide bonds. The molecule has 0 unspecified atom stereocenters. The predicted octanol–water partition coefficient (Wildman–Crippen LogP) is 4.36. The number of carbonyl (C=O) groups excluding carboxylic acids is 1. The van der Waals surface area contributed by atoms with Gasteiger partial charge >= 0.3 is 0 Å². The quantitative estimate of drug-likeness (QED) is 0.375. The fourth-order valence-corrected chi connectivity index (χ4v) is 2.78. The van der Waals surface area contributed by atoms with Gasteiger partial charge in [-0.3, -0.25) is 14.9 Å². The number of aryl methyl sites for hydroxylation is 1. The molecule has 2 aromatic carbocycles. The molecule has 0 N–H and O–H groups in total. The first-order valence-corrected chi connectivity index (χ1v) is 8.10. The monoisotopic (exact) mass is 350 g/mol. The second-order valence-corrected chi connectivity index (χ2v) is 6.02. The summed E-state index contributed by atoms with van der Waals surface area (Å²) in [7, 11) is 1.75. The summed E-state index contributed by atoms with van der Waals surface area (Å²) in [4.78, 5) is 25.3. The van der Waals surface area contributed by atoms with Gasteiger partial charge in [0.05, 0.1) is 11.5 Å². The molecule has 0 aliphatic heterocycles. The molecule has 6 heteroatoms. The Morgan fingerprint density at radius 1 is 1.08 bits per heavy atom. The van der Waals surface area contributed by atoms with Gasteiger partial charge in [0.2, 0.25) is 0 Å². The van der Waals surface area contributed by atoms with Crippen LogP contribution in [0.15, 0.2) is 65.1 Å². The van der Waals surface area contributed by atoms with Crippen LogP contribution < -0.4 is 4.90 Å². The fourth-order valence-electron chi connectivity index (χ4n) is 2.78. The van der Waals surface area contributed by atoms with E-state index in [0.717, 1.165) is 5.76 Å². The van der Waals surface area contributed by atoms with E-state index >= 15 is 0 Å². The van der Waals surface area contributed by atoms with Gasteiger partial charge in [0.15, 0.2) is 5.78 Å². The third-order valence-corrected chi connectivity index (χ3v) is 4.07. The maximum Gasteiger partial charge on any atom is 0.293 e. The minimum absolute atomic E-state index is 0.113. The summed E-state index contributed by atoms with van der Waals surface area (Å²) in [6.45, 7) is 2.23. The lowest BCUT2D eigenvalue weighted by atomic mass is 10.0. The van der Waals surface area contributed by atoms with Crippen LogP contribution in [0.1, 0.15) is 27.4 Å². The molecule has 3 rings (SSSR count). The molecule has 0 radical (unpaired) electrons. The van der Waals surface area contributed by atoms with Gasteiger partial charge in [-0.2, -0.15) is 0 Å². The summed E-state index contributed by atoms with van der Waals surface area (Å²) in [5, 5.41) is 11.5. The smallest absolute Gasteiger partial charge is 0.293 e. The van der Waals surface area contributed by atoms with Crippen LogP contribution in [-0.2, 0) is 6.54 Å². The van der Waals surface area contributed by atoms with Gasteiger partial charge < -0.3 is 9.32 Å². The second-order valence-electron chi connectivity index (χ2n) is 6.02. The molecular weight excluding hydrogens is 332 g/mol. The largest absolute Gasteiger partial charge is 0.464 e. The number of nitro benzene ring substituents is 1. The van der Waals surface area contributed by atoms with Crippen LogP contribution in [0, 0.1) is 17.0 Å². The summed E-state index contributed by atoms with van der Waals surface area (Å²) >= 11 is 0. The summed E-state index contributed by atoms with van der Waals surface area (Å²) in [6, 6.07) is 16.9. The first-order valence-electron chi connectivity index (χ1n) is 8.10. The molecule has 0 fully saturated rings. The van der Waals surface area contributed by atoms with Crippen LogP contribution in [0.3, 0.4) is 0 Å². The Balaban J connectivity index is 1.92. The van der Waals surface area contributed by atoms with Crippen molar-refractivity contribution >= 4 is 17.2 Å². The highest BCUT2D eigenvalue weighted by Crippen LogP contribution is 2.30. The minimum atomic E-state index is -0.471. The van der Waals surface area contributed by atoms with Crippen molar-refractivity contribution in [1.82, 2.24) is 0 Å². The number of nitrogens with zero attached hydrogens (tertiary/aromatic N) is 2. The van der Waals surface area contributed by atoms with E-state index in [4.69, 9.17) is 4.42 Å². The molecule has 0 spiro atoms. The molecule has 0 bridgehead atoms. The van der Waals surface area contributed by atoms with E-state index in [1.54, 1.807) is 48.3 Å². The molecule has 1 aromatic heterocycles. The minimum Gasteiger partial charge on any atom is -0.464 e. The van der Waals surface area contributed by atoms with Crippen LogP contribution in [0.5, 0.6) is 0 Å². The molecule has 132 valence electrons. The lowest BCUT2D eigenvalue weighted by molar-refractivity contribution is -0.384. The van der Waals surface area contributed by atoms with Gasteiger partial charge in [0.1, 0.15) is 17.2 Å². The molecule has 6 nitrogen and oxygen atoms in total. The Morgan fingerprint density at radius 2 is 1.81 bits per heavy atom. The number of hydrogen-bond donors (Lipinski definition) is 0. The second kappa shape index (κ2) is 7.23. The van der Waals surface area contributed by atoms with Crippen LogP contribution in [0.2, 0.25) is 0 Å². The van der Waals surface area contributed by atoms with Gasteiger partial charge in [-0.15, -0.1) is 0 Å². The maximum atomic E-state index is 12.5. The summed E-state index contributed by atoms with van der Waals surface area (Å²) < 4.78 is 5.53. The predicted molar refractivity (Wildman–Crippen MR) is 98.5 cm³/mol. The van der Waals surface area contributed by atoms with Gasteiger partial charge in [0, 0.05) is 24.2 Å². The van der Waals surface area contributed by atoms with Gasteiger partial charge in [0.25, 0.3) is 5.69 Å². The molecule has 0 aliphatic rings. The first kappa shape index (κ1) is 17.4. The van der Waals surface area contributed by atoms with Crippen molar-refractivity contribution in [2.24, 2.45) is 0 Å². The zero-order valence-corrected chi connectivity index (χ0v) is 14.5. The van der Waals surface area contributed by atoms with Crippen molar-refractivity contribution in [2.75, 3.05) is 11.9 Å². The molecule has 26 heavy (non-hydrogen) atoms. The normalized spacial score (nSPS) is 10.5. The SMILES string of the molecule is Cc1ccc(CN(C)c2ccc(C(=O)c3ccccc3)cc2[N+](=O)[O-])o1. The highest BCUT2D eigenvalue weighted by molar-refractivity contribution is 6.09. The van der Waals surface area contributed by atoms with E-state index in [1.807, 2.05) is 25.1 Å². The topological polar surface area (TPSA) is 76.6 Å². The van der Waals surface area contributed by atoms with E-state index in [-0.39, 0.29) is 17.0 Å². The summed E-state index contributed by atoms with van der Waals surface area (Å²) in [5.74, 6) is 1.25. The Labute approximate surface area is 150 Å². The molecule has 1 heterocycles. The van der Waals surface area contributed by atoms with E-state index in [9.17, 15) is 14.9 Å². The van der Waals surface area contributed by atoms with Crippen LogP contribution in [0.4, 0.5) is 11.4 Å². The lowest BCUT2D eigenvalue weighted by Gasteiger charge is -2.18. The Hall–Kier alpha value is -3.41.